The number of nitrogens with one attached hydrogen (secondary N) is 1. The zero-order chi connectivity index (χ0) is 16.9. The van der Waals surface area contributed by atoms with Gasteiger partial charge in [0.05, 0.1) is 6.10 Å². The van der Waals surface area contributed by atoms with E-state index >= 15 is 0 Å². The van der Waals surface area contributed by atoms with Crippen molar-refractivity contribution in [3.63, 3.8) is 0 Å². The number of rotatable bonds is 3. The van der Waals surface area contributed by atoms with Crippen LogP contribution in [-0.4, -0.2) is 41.0 Å². The van der Waals surface area contributed by atoms with Crippen molar-refractivity contribution in [2.75, 3.05) is 18.4 Å². The molecule has 1 heterocycles. The maximum atomic E-state index is 12.6. The van der Waals surface area contributed by atoms with E-state index in [0.29, 0.717) is 24.3 Å². The number of aliphatic hydroxyl groups is 1. The van der Waals surface area contributed by atoms with Crippen LogP contribution < -0.4 is 5.32 Å². The second-order valence-corrected chi connectivity index (χ2v) is 6.95. The van der Waals surface area contributed by atoms with Gasteiger partial charge < -0.3 is 15.3 Å². The molecule has 5 nitrogen and oxygen atoms in total. The largest absolute Gasteiger partial charge is 0.391 e. The second kappa shape index (κ2) is 7.79. The van der Waals surface area contributed by atoms with Crippen LogP contribution in [0.5, 0.6) is 0 Å². The van der Waals surface area contributed by atoms with Gasteiger partial charge in [-0.1, -0.05) is 25.3 Å². The van der Waals surface area contributed by atoms with E-state index in [1.54, 1.807) is 23.1 Å². The van der Waals surface area contributed by atoms with Gasteiger partial charge in [0.2, 0.25) is 5.91 Å². The first-order valence-corrected chi connectivity index (χ1v) is 9.02. The second-order valence-electron chi connectivity index (χ2n) is 6.95. The van der Waals surface area contributed by atoms with Crippen molar-refractivity contribution in [1.82, 2.24) is 4.90 Å². The number of β-amino-alcohol motifs (C(OH)–C–C–N with tert-alkyl or cyclic N) is 1. The van der Waals surface area contributed by atoms with Gasteiger partial charge in [0.25, 0.3) is 5.91 Å². The molecule has 1 aliphatic heterocycles. The van der Waals surface area contributed by atoms with Gasteiger partial charge >= 0.3 is 0 Å². The Morgan fingerprint density at radius 1 is 1.08 bits per heavy atom. The minimum atomic E-state index is -0.433. The third-order valence-corrected chi connectivity index (χ3v) is 5.04. The highest BCUT2D eigenvalue weighted by atomic mass is 16.3. The summed E-state index contributed by atoms with van der Waals surface area (Å²) in [5, 5.41) is 12.7. The van der Waals surface area contributed by atoms with Crippen molar-refractivity contribution in [3.05, 3.63) is 29.8 Å². The lowest BCUT2D eigenvalue weighted by atomic mass is 9.88. The van der Waals surface area contributed by atoms with Gasteiger partial charge in [0, 0.05) is 30.3 Å². The molecule has 1 aliphatic carbocycles. The van der Waals surface area contributed by atoms with Crippen molar-refractivity contribution in [2.24, 2.45) is 5.92 Å². The minimum Gasteiger partial charge on any atom is -0.391 e. The molecular weight excluding hydrogens is 304 g/mol. The van der Waals surface area contributed by atoms with Crippen molar-refractivity contribution < 1.29 is 14.7 Å². The smallest absolute Gasteiger partial charge is 0.254 e. The first-order valence-electron chi connectivity index (χ1n) is 9.02. The van der Waals surface area contributed by atoms with Crippen LogP contribution in [0.15, 0.2) is 24.3 Å². The van der Waals surface area contributed by atoms with Crippen molar-refractivity contribution in [1.29, 1.82) is 0 Å². The van der Waals surface area contributed by atoms with Gasteiger partial charge in [-0.3, -0.25) is 9.59 Å². The molecule has 130 valence electrons. The van der Waals surface area contributed by atoms with E-state index in [4.69, 9.17) is 0 Å². The van der Waals surface area contributed by atoms with Crippen molar-refractivity contribution in [2.45, 2.75) is 51.0 Å². The van der Waals surface area contributed by atoms with Crippen LogP contribution in [-0.2, 0) is 4.79 Å². The zero-order valence-electron chi connectivity index (χ0n) is 14.0. The fraction of sp³-hybridized carbons (Fsp3) is 0.579. The number of nitrogens with zero attached hydrogens (tertiary/aromatic N) is 1. The number of aliphatic hydroxyl groups excluding tert-OH is 1. The summed E-state index contributed by atoms with van der Waals surface area (Å²) in [6.07, 6.45) is 6.51. The molecule has 1 unspecified atom stereocenters. The van der Waals surface area contributed by atoms with Crippen LogP contribution in [0.25, 0.3) is 0 Å². The van der Waals surface area contributed by atoms with Gasteiger partial charge in [-0.15, -0.1) is 0 Å². The molecule has 1 aromatic carbocycles. The summed E-state index contributed by atoms with van der Waals surface area (Å²) in [7, 11) is 0. The number of hydrogen-bond donors (Lipinski definition) is 2. The number of carbonyl (C=O) groups excluding carboxylic acids is 2. The lowest BCUT2D eigenvalue weighted by Gasteiger charge is -2.30. The molecule has 2 N–H and O–H groups in total. The Labute approximate surface area is 143 Å². The number of anilines is 1. The standard InChI is InChI=1S/C19H26N2O3/c22-17-10-5-11-21(13-17)19(24)15-8-4-9-16(12-15)20-18(23)14-6-2-1-3-7-14/h4,8-9,12,14,17,22H,1-3,5-7,10-11,13H2,(H,20,23). The van der Waals surface area contributed by atoms with Crippen LogP contribution in [0, 0.1) is 5.92 Å². The van der Waals surface area contributed by atoms with Crippen molar-refractivity contribution in [3.8, 4) is 0 Å². The number of piperidine rings is 1. The average Bonchev–Trinajstić information content (AvgIpc) is 2.62. The molecule has 24 heavy (non-hydrogen) atoms. The van der Waals surface area contributed by atoms with Gasteiger partial charge in [-0.25, -0.2) is 0 Å². The maximum absolute atomic E-state index is 12.6. The maximum Gasteiger partial charge on any atom is 0.254 e. The summed E-state index contributed by atoms with van der Waals surface area (Å²) in [6, 6.07) is 7.12. The Balaban J connectivity index is 1.65. The highest BCUT2D eigenvalue weighted by Gasteiger charge is 2.24. The van der Waals surface area contributed by atoms with Gasteiger partial charge in [0.15, 0.2) is 0 Å². The first kappa shape index (κ1) is 17.0. The van der Waals surface area contributed by atoms with E-state index in [9.17, 15) is 14.7 Å². The molecule has 1 aromatic rings. The van der Waals surface area contributed by atoms with E-state index in [0.717, 1.165) is 38.5 Å². The number of carbonyl (C=O) groups is 2. The van der Waals surface area contributed by atoms with Crippen LogP contribution in [0.4, 0.5) is 5.69 Å². The van der Waals surface area contributed by atoms with Crippen LogP contribution >= 0.6 is 0 Å². The summed E-state index contributed by atoms with van der Waals surface area (Å²) in [4.78, 5) is 26.6. The number of likely N-dealkylation sites (tertiary alicyclic amines) is 1. The van der Waals surface area contributed by atoms with E-state index in [1.807, 2.05) is 6.07 Å². The monoisotopic (exact) mass is 330 g/mol. The van der Waals surface area contributed by atoms with Gasteiger partial charge in [-0.2, -0.15) is 0 Å². The summed E-state index contributed by atoms with van der Waals surface area (Å²) in [6.45, 7) is 1.06. The minimum absolute atomic E-state index is 0.0627. The molecule has 0 spiro atoms. The first-order chi connectivity index (χ1) is 11.6. The molecule has 5 heteroatoms. The van der Waals surface area contributed by atoms with Gasteiger partial charge in [0.1, 0.15) is 0 Å². The Hall–Kier alpha value is -1.88. The summed E-state index contributed by atoms with van der Waals surface area (Å²) in [5.74, 6) is 0.0746. The molecule has 0 radical (unpaired) electrons. The number of hydrogen-bond acceptors (Lipinski definition) is 3. The molecule has 3 rings (SSSR count). The Morgan fingerprint density at radius 2 is 1.88 bits per heavy atom. The fourth-order valence-corrected chi connectivity index (χ4v) is 3.66. The SMILES string of the molecule is O=C(Nc1cccc(C(=O)N2CCCC(O)C2)c1)C1CCCCC1. The molecule has 2 fully saturated rings. The van der Waals surface area contributed by atoms with Crippen molar-refractivity contribution >= 4 is 17.5 Å². The number of amides is 2. The zero-order valence-corrected chi connectivity index (χ0v) is 14.0. The number of benzene rings is 1. The molecule has 1 saturated heterocycles. The molecule has 1 saturated carbocycles. The van der Waals surface area contributed by atoms with E-state index in [1.165, 1.54) is 6.42 Å². The molecule has 2 aliphatic rings. The molecule has 1 atom stereocenters. The summed E-state index contributed by atoms with van der Waals surface area (Å²) in [5.41, 5.74) is 1.24. The third-order valence-electron chi connectivity index (χ3n) is 5.04. The van der Waals surface area contributed by atoms with E-state index in [2.05, 4.69) is 5.32 Å². The summed E-state index contributed by atoms with van der Waals surface area (Å²) < 4.78 is 0. The van der Waals surface area contributed by atoms with Gasteiger partial charge in [-0.05, 0) is 43.9 Å². The predicted octanol–water partition coefficient (Wildman–Crippen LogP) is 2.80. The van der Waals surface area contributed by atoms with E-state index < -0.39 is 6.10 Å². The molecule has 0 aromatic heterocycles. The average molecular weight is 330 g/mol. The molecule has 2 amide bonds. The Morgan fingerprint density at radius 3 is 2.62 bits per heavy atom. The lowest BCUT2D eigenvalue weighted by molar-refractivity contribution is -0.120. The molecular formula is C19H26N2O3. The summed E-state index contributed by atoms with van der Waals surface area (Å²) >= 11 is 0. The molecule has 0 bridgehead atoms. The van der Waals surface area contributed by atoms with Crippen LogP contribution in [0.1, 0.15) is 55.3 Å². The Bertz CT molecular complexity index is 596. The fourth-order valence-electron chi connectivity index (χ4n) is 3.66. The highest BCUT2D eigenvalue weighted by molar-refractivity contribution is 5.97. The Kier molecular flexibility index (Phi) is 5.51. The third kappa shape index (κ3) is 4.15. The normalized spacial score (nSPS) is 22.2. The van der Waals surface area contributed by atoms with Crippen LogP contribution in [0.3, 0.4) is 0 Å². The van der Waals surface area contributed by atoms with Crippen LogP contribution in [0.2, 0.25) is 0 Å². The topological polar surface area (TPSA) is 69.6 Å². The quantitative estimate of drug-likeness (QED) is 0.895. The lowest BCUT2D eigenvalue weighted by Crippen LogP contribution is -2.42. The van der Waals surface area contributed by atoms with E-state index in [-0.39, 0.29) is 17.7 Å². The highest BCUT2D eigenvalue weighted by Crippen LogP contribution is 2.25. The predicted molar refractivity (Wildman–Crippen MR) is 92.8 cm³/mol.